The Kier molecular flexibility index (Phi) is 5.29. The van der Waals surface area contributed by atoms with Crippen LogP contribution in [0.5, 0.6) is 0 Å². The van der Waals surface area contributed by atoms with E-state index in [0.717, 1.165) is 44.8 Å². The lowest BCUT2D eigenvalue weighted by molar-refractivity contribution is 0.0994. The summed E-state index contributed by atoms with van der Waals surface area (Å²) in [7, 11) is 0. The number of nitrogens with one attached hydrogen (secondary N) is 1. The second-order valence-corrected chi connectivity index (χ2v) is 5.30. The Morgan fingerprint density at radius 3 is 3.00 bits per heavy atom. The van der Waals surface area contributed by atoms with Crippen molar-refractivity contribution in [2.75, 3.05) is 31.1 Å². The molecule has 1 aromatic rings. The van der Waals surface area contributed by atoms with Crippen LogP contribution in [-0.4, -0.2) is 42.3 Å². The molecule has 110 valence electrons. The standard InChI is InChI=1S/C14H23N5O/c1-2-7-16-9-11-4-3-8-19(10-11)13-6-5-12(14(15)20)17-18-13/h5-6,11,16H,2-4,7-10H2,1H3,(H2,15,20). The zero-order valence-electron chi connectivity index (χ0n) is 12.0. The Morgan fingerprint density at radius 1 is 1.50 bits per heavy atom. The first kappa shape index (κ1) is 14.7. The third kappa shape index (κ3) is 3.90. The van der Waals surface area contributed by atoms with Crippen molar-refractivity contribution in [3.8, 4) is 0 Å². The van der Waals surface area contributed by atoms with Gasteiger partial charge in [-0.2, -0.15) is 0 Å². The quantitative estimate of drug-likeness (QED) is 0.751. The lowest BCUT2D eigenvalue weighted by Gasteiger charge is -2.33. The second-order valence-electron chi connectivity index (χ2n) is 5.30. The van der Waals surface area contributed by atoms with E-state index in [9.17, 15) is 4.79 Å². The molecule has 1 saturated heterocycles. The molecule has 1 aromatic heterocycles. The van der Waals surface area contributed by atoms with Gasteiger partial charge in [-0.15, -0.1) is 10.2 Å². The Labute approximate surface area is 119 Å². The van der Waals surface area contributed by atoms with Crippen LogP contribution in [0.15, 0.2) is 12.1 Å². The van der Waals surface area contributed by atoms with Crippen molar-refractivity contribution < 1.29 is 4.79 Å². The summed E-state index contributed by atoms with van der Waals surface area (Å²) >= 11 is 0. The van der Waals surface area contributed by atoms with E-state index in [1.54, 1.807) is 6.07 Å². The summed E-state index contributed by atoms with van der Waals surface area (Å²) in [6.45, 7) is 6.28. The van der Waals surface area contributed by atoms with E-state index in [0.29, 0.717) is 5.92 Å². The summed E-state index contributed by atoms with van der Waals surface area (Å²) in [5, 5.41) is 11.5. The van der Waals surface area contributed by atoms with Crippen LogP contribution in [-0.2, 0) is 0 Å². The molecule has 2 heterocycles. The van der Waals surface area contributed by atoms with Gasteiger partial charge in [-0.3, -0.25) is 4.79 Å². The molecule has 0 aliphatic carbocycles. The SMILES string of the molecule is CCCNCC1CCCN(c2ccc(C(N)=O)nn2)C1. The van der Waals surface area contributed by atoms with Gasteiger partial charge in [0.2, 0.25) is 0 Å². The maximum Gasteiger partial charge on any atom is 0.269 e. The van der Waals surface area contributed by atoms with Crippen LogP contribution in [0.1, 0.15) is 36.7 Å². The molecule has 1 atom stereocenters. The van der Waals surface area contributed by atoms with E-state index >= 15 is 0 Å². The van der Waals surface area contributed by atoms with E-state index in [2.05, 4.69) is 27.3 Å². The Hall–Kier alpha value is -1.69. The lowest BCUT2D eigenvalue weighted by atomic mass is 9.98. The number of nitrogens with zero attached hydrogens (tertiary/aromatic N) is 3. The molecule has 0 aromatic carbocycles. The molecule has 0 bridgehead atoms. The molecule has 20 heavy (non-hydrogen) atoms. The highest BCUT2D eigenvalue weighted by molar-refractivity contribution is 5.90. The van der Waals surface area contributed by atoms with Gasteiger partial charge in [-0.05, 0) is 50.4 Å². The van der Waals surface area contributed by atoms with Crippen molar-refractivity contribution in [3.05, 3.63) is 17.8 Å². The van der Waals surface area contributed by atoms with Crippen molar-refractivity contribution in [2.24, 2.45) is 11.7 Å². The molecule has 3 N–H and O–H groups in total. The van der Waals surface area contributed by atoms with Crippen LogP contribution in [0.2, 0.25) is 0 Å². The predicted molar refractivity (Wildman–Crippen MR) is 78.6 cm³/mol. The third-order valence-corrected chi connectivity index (χ3v) is 3.61. The molecule has 1 amide bonds. The molecule has 2 rings (SSSR count). The highest BCUT2D eigenvalue weighted by Crippen LogP contribution is 2.20. The fraction of sp³-hybridized carbons (Fsp3) is 0.643. The largest absolute Gasteiger partial charge is 0.364 e. The first-order valence-electron chi connectivity index (χ1n) is 7.30. The predicted octanol–water partition coefficient (Wildman–Crippen LogP) is 0.792. The van der Waals surface area contributed by atoms with Gasteiger partial charge in [0.15, 0.2) is 11.5 Å². The van der Waals surface area contributed by atoms with Crippen LogP contribution >= 0.6 is 0 Å². The van der Waals surface area contributed by atoms with E-state index in [1.807, 2.05) is 6.07 Å². The molecule has 0 spiro atoms. The molecule has 0 saturated carbocycles. The number of carbonyl (C=O) groups is 1. The second kappa shape index (κ2) is 7.19. The van der Waals surface area contributed by atoms with Gasteiger partial charge in [-0.1, -0.05) is 6.92 Å². The van der Waals surface area contributed by atoms with E-state index in [4.69, 9.17) is 5.73 Å². The average molecular weight is 277 g/mol. The summed E-state index contributed by atoms with van der Waals surface area (Å²) in [5.41, 5.74) is 5.38. The van der Waals surface area contributed by atoms with Gasteiger partial charge in [-0.25, -0.2) is 0 Å². The monoisotopic (exact) mass is 277 g/mol. The van der Waals surface area contributed by atoms with Crippen LogP contribution in [0.25, 0.3) is 0 Å². The number of rotatable bonds is 6. The van der Waals surface area contributed by atoms with E-state index in [-0.39, 0.29) is 5.69 Å². The van der Waals surface area contributed by atoms with Crippen molar-refractivity contribution >= 4 is 11.7 Å². The van der Waals surface area contributed by atoms with Crippen molar-refractivity contribution in [1.82, 2.24) is 15.5 Å². The summed E-state index contributed by atoms with van der Waals surface area (Å²) in [6, 6.07) is 3.47. The molecule has 6 nitrogen and oxygen atoms in total. The fourth-order valence-corrected chi connectivity index (χ4v) is 2.55. The Balaban J connectivity index is 1.92. The molecule has 1 aliphatic rings. The van der Waals surface area contributed by atoms with Crippen molar-refractivity contribution in [2.45, 2.75) is 26.2 Å². The topological polar surface area (TPSA) is 84.1 Å². The van der Waals surface area contributed by atoms with Crippen molar-refractivity contribution in [3.63, 3.8) is 0 Å². The average Bonchev–Trinajstić information content (AvgIpc) is 2.48. The molecular formula is C14H23N5O. The highest BCUT2D eigenvalue weighted by Gasteiger charge is 2.21. The smallest absolute Gasteiger partial charge is 0.269 e. The highest BCUT2D eigenvalue weighted by atomic mass is 16.1. The molecule has 0 radical (unpaired) electrons. The number of aromatic nitrogens is 2. The van der Waals surface area contributed by atoms with E-state index in [1.165, 1.54) is 6.42 Å². The van der Waals surface area contributed by atoms with E-state index < -0.39 is 5.91 Å². The normalized spacial score (nSPS) is 19.1. The molecule has 1 fully saturated rings. The number of nitrogens with two attached hydrogens (primary N) is 1. The van der Waals surface area contributed by atoms with Crippen LogP contribution < -0.4 is 16.0 Å². The van der Waals surface area contributed by atoms with Gasteiger partial charge >= 0.3 is 0 Å². The van der Waals surface area contributed by atoms with Gasteiger partial charge in [0.1, 0.15) is 0 Å². The number of hydrogen-bond donors (Lipinski definition) is 2. The lowest BCUT2D eigenvalue weighted by Crippen LogP contribution is -2.40. The molecule has 1 aliphatic heterocycles. The summed E-state index contributed by atoms with van der Waals surface area (Å²) in [5.74, 6) is 0.937. The summed E-state index contributed by atoms with van der Waals surface area (Å²) in [6.07, 6.45) is 3.58. The zero-order valence-corrected chi connectivity index (χ0v) is 12.0. The minimum Gasteiger partial charge on any atom is -0.364 e. The zero-order chi connectivity index (χ0) is 14.4. The number of hydrogen-bond acceptors (Lipinski definition) is 5. The molecule has 1 unspecified atom stereocenters. The number of primary amides is 1. The van der Waals surface area contributed by atoms with Crippen LogP contribution in [0.4, 0.5) is 5.82 Å². The van der Waals surface area contributed by atoms with Gasteiger partial charge in [0.05, 0.1) is 0 Å². The maximum absolute atomic E-state index is 11.0. The van der Waals surface area contributed by atoms with Crippen LogP contribution in [0.3, 0.4) is 0 Å². The molecule has 6 heteroatoms. The number of amides is 1. The Bertz CT molecular complexity index is 434. The first-order valence-corrected chi connectivity index (χ1v) is 7.30. The Morgan fingerprint density at radius 2 is 2.35 bits per heavy atom. The summed E-state index contributed by atoms with van der Waals surface area (Å²) < 4.78 is 0. The third-order valence-electron chi connectivity index (χ3n) is 3.61. The van der Waals surface area contributed by atoms with Crippen molar-refractivity contribution in [1.29, 1.82) is 0 Å². The number of piperidine rings is 1. The fourth-order valence-electron chi connectivity index (χ4n) is 2.55. The molecular weight excluding hydrogens is 254 g/mol. The minimum atomic E-state index is -0.538. The maximum atomic E-state index is 11.0. The first-order chi connectivity index (χ1) is 9.70. The minimum absolute atomic E-state index is 0.215. The van der Waals surface area contributed by atoms with Gasteiger partial charge in [0.25, 0.3) is 5.91 Å². The van der Waals surface area contributed by atoms with Crippen LogP contribution in [0, 0.1) is 5.92 Å². The number of anilines is 1. The number of carbonyl (C=O) groups excluding carboxylic acids is 1. The van der Waals surface area contributed by atoms with Gasteiger partial charge < -0.3 is 16.0 Å². The van der Waals surface area contributed by atoms with Gasteiger partial charge in [0, 0.05) is 13.1 Å². The summed E-state index contributed by atoms with van der Waals surface area (Å²) in [4.78, 5) is 13.2.